The first-order valence-corrected chi connectivity index (χ1v) is 7.30. The van der Waals surface area contributed by atoms with E-state index in [1.165, 1.54) is 0 Å². The molecule has 3 rings (SSSR count). The van der Waals surface area contributed by atoms with Crippen molar-refractivity contribution in [1.82, 2.24) is 5.01 Å². The van der Waals surface area contributed by atoms with Gasteiger partial charge >= 0.3 is 0 Å². The van der Waals surface area contributed by atoms with Gasteiger partial charge in [0, 0.05) is 13.3 Å². The van der Waals surface area contributed by atoms with Gasteiger partial charge in [0.25, 0.3) is 0 Å². The topological polar surface area (TPSA) is 32.7 Å². The molecule has 1 aliphatic heterocycles. The van der Waals surface area contributed by atoms with Gasteiger partial charge in [-0.25, -0.2) is 5.01 Å². The average Bonchev–Trinajstić information content (AvgIpc) is 2.98. The molecule has 1 aliphatic rings. The molecule has 0 aliphatic carbocycles. The van der Waals surface area contributed by atoms with Gasteiger partial charge in [-0.05, 0) is 11.1 Å². The first-order valence-electron chi connectivity index (χ1n) is 7.30. The van der Waals surface area contributed by atoms with Gasteiger partial charge in [-0.15, -0.1) is 6.58 Å². The predicted octanol–water partition coefficient (Wildman–Crippen LogP) is 3.72. The molecule has 1 heterocycles. The van der Waals surface area contributed by atoms with Crippen molar-refractivity contribution in [2.75, 3.05) is 0 Å². The van der Waals surface area contributed by atoms with Crippen molar-refractivity contribution in [3.8, 4) is 0 Å². The number of carbonyl (C=O) groups excluding carboxylic acids is 1. The summed E-state index contributed by atoms with van der Waals surface area (Å²) in [5, 5.41) is 6.14. The van der Waals surface area contributed by atoms with Crippen LogP contribution in [0.1, 0.15) is 24.5 Å². The van der Waals surface area contributed by atoms with Crippen molar-refractivity contribution in [3.63, 3.8) is 0 Å². The molecule has 0 saturated carbocycles. The lowest BCUT2D eigenvalue weighted by Gasteiger charge is -2.33. The van der Waals surface area contributed by atoms with Crippen LogP contribution in [-0.2, 0) is 10.3 Å². The molecule has 2 aromatic carbocycles. The van der Waals surface area contributed by atoms with E-state index in [0.29, 0.717) is 6.42 Å². The van der Waals surface area contributed by atoms with Gasteiger partial charge in [-0.2, -0.15) is 5.10 Å². The van der Waals surface area contributed by atoms with Gasteiger partial charge in [0.15, 0.2) is 0 Å². The molecule has 0 aromatic heterocycles. The van der Waals surface area contributed by atoms with E-state index in [4.69, 9.17) is 0 Å². The fraction of sp³-hybridized carbons (Fsp3) is 0.158. The van der Waals surface area contributed by atoms with E-state index in [9.17, 15) is 4.79 Å². The molecule has 1 amide bonds. The number of hydrogen-bond donors (Lipinski definition) is 0. The highest BCUT2D eigenvalue weighted by atomic mass is 16.2. The van der Waals surface area contributed by atoms with Crippen LogP contribution in [0.5, 0.6) is 0 Å². The Bertz CT molecular complexity index is 722. The number of rotatable bonds is 3. The third-order valence-electron chi connectivity index (χ3n) is 4.05. The summed E-state index contributed by atoms with van der Waals surface area (Å²) in [4.78, 5) is 12.1. The number of nitrogens with zero attached hydrogens (tertiary/aromatic N) is 2. The molecule has 0 N–H and O–H groups in total. The van der Waals surface area contributed by atoms with E-state index in [2.05, 4.69) is 11.7 Å². The van der Waals surface area contributed by atoms with Gasteiger partial charge < -0.3 is 0 Å². The average molecular weight is 290 g/mol. The maximum absolute atomic E-state index is 12.1. The number of hydrazone groups is 1. The zero-order chi connectivity index (χ0) is 15.6. The van der Waals surface area contributed by atoms with Gasteiger partial charge in [0.05, 0.1) is 5.71 Å². The summed E-state index contributed by atoms with van der Waals surface area (Å²) >= 11 is 0. The van der Waals surface area contributed by atoms with Crippen molar-refractivity contribution < 1.29 is 4.79 Å². The molecule has 0 fully saturated rings. The van der Waals surface area contributed by atoms with Gasteiger partial charge in [0.1, 0.15) is 5.54 Å². The van der Waals surface area contributed by atoms with Crippen molar-refractivity contribution in [2.45, 2.75) is 18.9 Å². The number of benzene rings is 2. The first kappa shape index (κ1) is 14.3. The molecule has 110 valence electrons. The highest BCUT2D eigenvalue weighted by Gasteiger charge is 2.44. The zero-order valence-electron chi connectivity index (χ0n) is 12.6. The molecule has 0 spiro atoms. The van der Waals surface area contributed by atoms with E-state index in [1.807, 2.05) is 66.7 Å². The summed E-state index contributed by atoms with van der Waals surface area (Å²) in [6, 6.07) is 19.9. The summed E-state index contributed by atoms with van der Waals surface area (Å²) in [7, 11) is 0. The second-order valence-electron chi connectivity index (χ2n) is 5.41. The molecule has 0 saturated heterocycles. The molecular formula is C19H18N2O. The van der Waals surface area contributed by atoms with Crippen LogP contribution in [0.15, 0.2) is 78.4 Å². The normalized spacial score (nSPS) is 20.6. The lowest BCUT2D eigenvalue weighted by molar-refractivity contribution is -0.132. The maximum Gasteiger partial charge on any atom is 0.240 e. The van der Waals surface area contributed by atoms with Crippen LogP contribution in [0.3, 0.4) is 0 Å². The van der Waals surface area contributed by atoms with E-state index in [1.54, 1.807) is 11.9 Å². The van der Waals surface area contributed by atoms with E-state index in [0.717, 1.165) is 16.8 Å². The minimum absolute atomic E-state index is 0.0883. The van der Waals surface area contributed by atoms with Crippen LogP contribution >= 0.6 is 0 Å². The molecule has 0 radical (unpaired) electrons. The SMILES string of the molecule is C=CC1(c2ccccc2)CC(c2ccccc2)=NN1C(C)=O. The molecule has 3 heteroatoms. The Hall–Kier alpha value is -2.68. The fourth-order valence-electron chi connectivity index (χ4n) is 2.94. The van der Waals surface area contributed by atoms with Crippen molar-refractivity contribution in [3.05, 3.63) is 84.4 Å². The van der Waals surface area contributed by atoms with Gasteiger partial charge in [-0.1, -0.05) is 66.7 Å². The Morgan fingerprint density at radius 2 is 1.73 bits per heavy atom. The van der Waals surface area contributed by atoms with Crippen LogP contribution in [0, 0.1) is 0 Å². The lowest BCUT2D eigenvalue weighted by Crippen LogP contribution is -2.40. The molecule has 1 atom stereocenters. The van der Waals surface area contributed by atoms with Crippen molar-refractivity contribution >= 4 is 11.6 Å². The highest BCUT2D eigenvalue weighted by Crippen LogP contribution is 2.40. The summed E-state index contributed by atoms with van der Waals surface area (Å²) in [5.74, 6) is -0.0883. The molecule has 3 nitrogen and oxygen atoms in total. The molecule has 22 heavy (non-hydrogen) atoms. The minimum atomic E-state index is -0.613. The first-order chi connectivity index (χ1) is 10.7. The Labute approximate surface area is 130 Å². The number of carbonyl (C=O) groups is 1. The largest absolute Gasteiger partial charge is 0.273 e. The van der Waals surface area contributed by atoms with Gasteiger partial charge in [-0.3, -0.25) is 4.79 Å². The summed E-state index contributed by atoms with van der Waals surface area (Å²) in [5.41, 5.74) is 2.35. The van der Waals surface area contributed by atoms with Crippen molar-refractivity contribution in [1.29, 1.82) is 0 Å². The molecule has 1 unspecified atom stereocenters. The van der Waals surface area contributed by atoms with Gasteiger partial charge in [0.2, 0.25) is 5.91 Å². The van der Waals surface area contributed by atoms with Crippen LogP contribution in [0.2, 0.25) is 0 Å². The summed E-state index contributed by atoms with van der Waals surface area (Å²) in [6.45, 7) is 5.53. The lowest BCUT2D eigenvalue weighted by atomic mass is 9.84. The third-order valence-corrected chi connectivity index (χ3v) is 4.05. The summed E-state index contributed by atoms with van der Waals surface area (Å²) < 4.78 is 0. The Morgan fingerprint density at radius 1 is 1.14 bits per heavy atom. The fourth-order valence-corrected chi connectivity index (χ4v) is 2.94. The molecular weight excluding hydrogens is 272 g/mol. The monoisotopic (exact) mass is 290 g/mol. The second-order valence-corrected chi connectivity index (χ2v) is 5.41. The highest BCUT2D eigenvalue weighted by molar-refractivity contribution is 6.04. The summed E-state index contributed by atoms with van der Waals surface area (Å²) in [6.07, 6.45) is 2.45. The van der Waals surface area contributed by atoms with Crippen molar-refractivity contribution in [2.24, 2.45) is 5.10 Å². The third kappa shape index (κ3) is 2.25. The quantitative estimate of drug-likeness (QED) is 0.793. The van der Waals surface area contributed by atoms with Crippen LogP contribution in [0.4, 0.5) is 0 Å². The van der Waals surface area contributed by atoms with Crippen LogP contribution in [-0.4, -0.2) is 16.6 Å². The minimum Gasteiger partial charge on any atom is -0.273 e. The molecule has 0 bridgehead atoms. The van der Waals surface area contributed by atoms with E-state index in [-0.39, 0.29) is 5.91 Å². The van der Waals surface area contributed by atoms with Crippen LogP contribution < -0.4 is 0 Å². The maximum atomic E-state index is 12.1. The van der Waals surface area contributed by atoms with E-state index >= 15 is 0 Å². The van der Waals surface area contributed by atoms with Crippen LogP contribution in [0.25, 0.3) is 0 Å². The zero-order valence-corrected chi connectivity index (χ0v) is 12.6. The number of amides is 1. The Morgan fingerprint density at radius 3 is 2.27 bits per heavy atom. The smallest absolute Gasteiger partial charge is 0.240 e. The standard InChI is InChI=1S/C19H18N2O/c1-3-19(17-12-8-5-9-13-17)14-18(20-21(19)15(2)22)16-10-6-4-7-11-16/h3-13H,1,14H2,2H3. The predicted molar refractivity (Wildman–Crippen MR) is 88.4 cm³/mol. The Balaban J connectivity index is 2.09. The molecule has 2 aromatic rings. The Kier molecular flexibility index (Phi) is 3.63. The number of hydrogen-bond acceptors (Lipinski definition) is 2. The van der Waals surface area contributed by atoms with E-state index < -0.39 is 5.54 Å². The second kappa shape index (κ2) is 5.60.